The van der Waals surface area contributed by atoms with Crippen molar-refractivity contribution in [3.05, 3.63) is 83.8 Å². The van der Waals surface area contributed by atoms with Gasteiger partial charge in [-0.1, -0.05) is 25.0 Å². The van der Waals surface area contributed by atoms with Gasteiger partial charge in [-0.05, 0) is 66.9 Å². The first-order chi connectivity index (χ1) is 17.4. The molecule has 1 aromatic heterocycles. The molecular weight excluding hydrogens is 458 g/mol. The minimum absolute atomic E-state index is 0.0725. The second-order valence-corrected chi connectivity index (χ2v) is 9.07. The first-order valence-electron chi connectivity index (χ1n) is 12.0. The van der Waals surface area contributed by atoms with Crippen LogP contribution in [0, 0.1) is 0 Å². The smallest absolute Gasteiger partial charge is 0.337 e. The van der Waals surface area contributed by atoms with Crippen LogP contribution in [0.2, 0.25) is 0 Å². The van der Waals surface area contributed by atoms with Crippen LogP contribution in [-0.4, -0.2) is 45.0 Å². The lowest BCUT2D eigenvalue weighted by Gasteiger charge is -2.32. The fourth-order valence-corrected chi connectivity index (χ4v) is 4.50. The predicted octanol–water partition coefficient (Wildman–Crippen LogP) is 4.58. The van der Waals surface area contributed by atoms with Gasteiger partial charge in [0.2, 0.25) is 5.91 Å². The Bertz CT molecular complexity index is 1180. The lowest BCUT2D eigenvalue weighted by atomic mass is 10.0. The second-order valence-electron chi connectivity index (χ2n) is 9.07. The number of rotatable bonds is 8. The van der Waals surface area contributed by atoms with Gasteiger partial charge < -0.3 is 19.4 Å². The molecule has 1 atom stereocenters. The third kappa shape index (κ3) is 5.43. The molecule has 0 bridgehead atoms. The number of amides is 2. The molecule has 0 unspecified atom stereocenters. The standard InChI is InChI=1S/C28H31N3O5/c1-30(2)22-14-10-19(11-15-22)25(26(32)29-21-7-4-5-8-21)31(27(33)24-9-6-18-36-24)23-16-12-20(13-17-23)28(34)35-3/h6,9-18,21,25H,4-5,7-8H2,1-3H3,(H,29,32)/t25-/m1/s1. The fraction of sp³-hybridized carbons (Fsp3) is 0.321. The number of anilines is 2. The number of nitrogens with one attached hydrogen (secondary N) is 1. The summed E-state index contributed by atoms with van der Waals surface area (Å²) in [5.74, 6) is -1.11. The number of methoxy groups -OCH3 is 1. The molecule has 4 rings (SSSR count). The Morgan fingerprint density at radius 3 is 2.14 bits per heavy atom. The van der Waals surface area contributed by atoms with Crippen molar-refractivity contribution in [3.63, 3.8) is 0 Å². The highest BCUT2D eigenvalue weighted by atomic mass is 16.5. The molecule has 2 amide bonds. The minimum atomic E-state index is -0.955. The summed E-state index contributed by atoms with van der Waals surface area (Å²) in [6.45, 7) is 0. The van der Waals surface area contributed by atoms with E-state index in [0.29, 0.717) is 16.8 Å². The summed E-state index contributed by atoms with van der Waals surface area (Å²) in [4.78, 5) is 42.9. The van der Waals surface area contributed by atoms with E-state index < -0.39 is 17.9 Å². The van der Waals surface area contributed by atoms with Crippen LogP contribution >= 0.6 is 0 Å². The van der Waals surface area contributed by atoms with Crippen LogP contribution in [0.25, 0.3) is 0 Å². The van der Waals surface area contributed by atoms with Crippen LogP contribution in [0.3, 0.4) is 0 Å². The summed E-state index contributed by atoms with van der Waals surface area (Å²) in [5.41, 5.74) is 2.43. The molecule has 1 heterocycles. The number of hydrogen-bond donors (Lipinski definition) is 1. The summed E-state index contributed by atoms with van der Waals surface area (Å²) in [6, 6.07) is 16.3. The molecule has 1 aliphatic rings. The number of benzene rings is 2. The normalized spacial score (nSPS) is 14.2. The predicted molar refractivity (Wildman–Crippen MR) is 137 cm³/mol. The molecule has 3 aromatic rings. The topological polar surface area (TPSA) is 92.1 Å². The van der Waals surface area contributed by atoms with Crippen LogP contribution in [0.4, 0.5) is 11.4 Å². The van der Waals surface area contributed by atoms with Gasteiger partial charge in [0.15, 0.2) is 5.76 Å². The van der Waals surface area contributed by atoms with Crippen LogP contribution in [0.15, 0.2) is 71.3 Å². The Morgan fingerprint density at radius 1 is 0.944 bits per heavy atom. The Hall–Kier alpha value is -4.07. The zero-order valence-corrected chi connectivity index (χ0v) is 20.8. The van der Waals surface area contributed by atoms with E-state index in [9.17, 15) is 14.4 Å². The maximum Gasteiger partial charge on any atom is 0.337 e. The quantitative estimate of drug-likeness (QED) is 0.466. The van der Waals surface area contributed by atoms with Gasteiger partial charge >= 0.3 is 5.97 Å². The van der Waals surface area contributed by atoms with Crippen molar-refractivity contribution in [2.24, 2.45) is 0 Å². The number of esters is 1. The van der Waals surface area contributed by atoms with Crippen molar-refractivity contribution >= 4 is 29.2 Å². The molecule has 1 saturated carbocycles. The van der Waals surface area contributed by atoms with E-state index in [1.807, 2.05) is 43.3 Å². The molecule has 8 nitrogen and oxygen atoms in total. The SMILES string of the molecule is COC(=O)c1ccc(N(C(=O)c2ccco2)[C@@H](C(=O)NC2CCCC2)c2ccc(N(C)C)cc2)cc1. The molecule has 188 valence electrons. The Balaban J connectivity index is 1.80. The van der Waals surface area contributed by atoms with Gasteiger partial charge in [-0.3, -0.25) is 14.5 Å². The molecule has 1 aliphatic carbocycles. The Labute approximate surface area is 210 Å². The van der Waals surface area contributed by atoms with E-state index in [1.165, 1.54) is 18.3 Å². The molecule has 1 fully saturated rings. The van der Waals surface area contributed by atoms with Crippen molar-refractivity contribution in [3.8, 4) is 0 Å². The summed E-state index contributed by atoms with van der Waals surface area (Å²) >= 11 is 0. The molecule has 0 spiro atoms. The summed E-state index contributed by atoms with van der Waals surface area (Å²) in [7, 11) is 5.19. The van der Waals surface area contributed by atoms with Crippen LogP contribution in [0.1, 0.15) is 58.2 Å². The average Bonchev–Trinajstić information content (AvgIpc) is 3.61. The zero-order valence-electron chi connectivity index (χ0n) is 20.8. The second kappa shape index (κ2) is 11.1. The third-order valence-corrected chi connectivity index (χ3v) is 6.45. The molecule has 1 N–H and O–H groups in total. The van der Waals surface area contributed by atoms with Gasteiger partial charge in [-0.25, -0.2) is 4.79 Å². The molecule has 8 heteroatoms. The summed E-state index contributed by atoms with van der Waals surface area (Å²) < 4.78 is 10.2. The van der Waals surface area contributed by atoms with Crippen molar-refractivity contribution in [1.82, 2.24) is 5.32 Å². The van der Waals surface area contributed by atoms with Gasteiger partial charge in [-0.15, -0.1) is 0 Å². The van der Waals surface area contributed by atoms with Crippen molar-refractivity contribution in [1.29, 1.82) is 0 Å². The Kier molecular flexibility index (Phi) is 7.73. The number of hydrogen-bond acceptors (Lipinski definition) is 6. The maximum atomic E-state index is 13.8. The van der Waals surface area contributed by atoms with Crippen molar-refractivity contribution in [2.75, 3.05) is 31.0 Å². The molecular formula is C28H31N3O5. The van der Waals surface area contributed by atoms with Gasteiger partial charge in [0.1, 0.15) is 6.04 Å². The third-order valence-electron chi connectivity index (χ3n) is 6.45. The first kappa shape index (κ1) is 25.0. The highest BCUT2D eigenvalue weighted by Crippen LogP contribution is 2.32. The van der Waals surface area contributed by atoms with E-state index in [0.717, 1.165) is 31.4 Å². The molecule has 0 aliphatic heterocycles. The fourth-order valence-electron chi connectivity index (χ4n) is 4.50. The van der Waals surface area contributed by atoms with Gasteiger partial charge in [0.25, 0.3) is 5.91 Å². The van der Waals surface area contributed by atoms with Crippen LogP contribution < -0.4 is 15.1 Å². The van der Waals surface area contributed by atoms with Gasteiger partial charge in [0.05, 0.1) is 18.9 Å². The zero-order chi connectivity index (χ0) is 25.7. The van der Waals surface area contributed by atoms with E-state index in [-0.39, 0.29) is 17.7 Å². The lowest BCUT2D eigenvalue weighted by molar-refractivity contribution is -0.123. The monoisotopic (exact) mass is 489 g/mol. The van der Waals surface area contributed by atoms with E-state index in [1.54, 1.807) is 36.4 Å². The summed E-state index contributed by atoms with van der Waals surface area (Å²) in [5, 5.41) is 3.16. The maximum absolute atomic E-state index is 13.8. The minimum Gasteiger partial charge on any atom is -0.465 e. The van der Waals surface area contributed by atoms with Crippen LogP contribution in [-0.2, 0) is 9.53 Å². The van der Waals surface area contributed by atoms with Gasteiger partial charge in [0, 0.05) is 31.5 Å². The number of nitrogens with zero attached hydrogens (tertiary/aromatic N) is 2. The number of carbonyl (C=O) groups is 3. The molecule has 36 heavy (non-hydrogen) atoms. The first-order valence-corrected chi connectivity index (χ1v) is 12.0. The van der Waals surface area contributed by atoms with Gasteiger partial charge in [-0.2, -0.15) is 0 Å². The molecule has 0 saturated heterocycles. The van der Waals surface area contributed by atoms with E-state index in [2.05, 4.69) is 5.32 Å². The van der Waals surface area contributed by atoms with Crippen molar-refractivity contribution < 1.29 is 23.5 Å². The van der Waals surface area contributed by atoms with E-state index >= 15 is 0 Å². The lowest BCUT2D eigenvalue weighted by Crippen LogP contribution is -2.46. The Morgan fingerprint density at radius 2 is 1.58 bits per heavy atom. The average molecular weight is 490 g/mol. The molecule has 0 radical (unpaired) electrons. The van der Waals surface area contributed by atoms with Crippen molar-refractivity contribution in [2.45, 2.75) is 37.8 Å². The number of ether oxygens (including phenoxy) is 1. The largest absolute Gasteiger partial charge is 0.465 e. The van der Waals surface area contributed by atoms with E-state index in [4.69, 9.17) is 9.15 Å². The number of carbonyl (C=O) groups excluding carboxylic acids is 3. The summed E-state index contributed by atoms with van der Waals surface area (Å²) in [6.07, 6.45) is 5.38. The highest BCUT2D eigenvalue weighted by Gasteiger charge is 2.36. The highest BCUT2D eigenvalue weighted by molar-refractivity contribution is 6.09. The molecule has 2 aromatic carbocycles. The van der Waals surface area contributed by atoms with Crippen LogP contribution in [0.5, 0.6) is 0 Å². The number of furan rings is 1.